The number of rotatable bonds is 5. The van der Waals surface area contributed by atoms with Gasteiger partial charge >= 0.3 is 5.69 Å². The second-order valence-electron chi connectivity index (χ2n) is 6.35. The number of para-hydroxylation sites is 1. The standard InChI is InChI=1S/C19H22N4O3/c1-2-3-9-21-11-13-22(14-12-21)17(24)8-10-23-16-7-5-4-6-15(16)18(25)20-19(23)26/h1,4-7H,3,8-14H2,(H,20,25,26). The predicted octanol–water partition coefficient (Wildman–Crippen LogP) is 0.247. The zero-order valence-corrected chi connectivity index (χ0v) is 14.6. The molecule has 7 heteroatoms. The third-order valence-corrected chi connectivity index (χ3v) is 4.75. The number of fused-ring (bicyclic) bond motifs is 1. The van der Waals surface area contributed by atoms with E-state index in [0.29, 0.717) is 24.0 Å². The van der Waals surface area contributed by atoms with Gasteiger partial charge in [-0.2, -0.15) is 0 Å². The molecule has 7 nitrogen and oxygen atoms in total. The van der Waals surface area contributed by atoms with E-state index in [1.54, 1.807) is 24.3 Å². The number of amides is 1. The van der Waals surface area contributed by atoms with Gasteiger partial charge in [-0.05, 0) is 12.1 Å². The van der Waals surface area contributed by atoms with E-state index in [9.17, 15) is 14.4 Å². The lowest BCUT2D eigenvalue weighted by atomic mass is 10.2. The molecule has 1 aliphatic heterocycles. The monoisotopic (exact) mass is 354 g/mol. The van der Waals surface area contributed by atoms with Gasteiger partial charge in [0, 0.05) is 52.1 Å². The van der Waals surface area contributed by atoms with Gasteiger partial charge in [0.05, 0.1) is 10.9 Å². The summed E-state index contributed by atoms with van der Waals surface area (Å²) in [5.74, 6) is 2.65. The van der Waals surface area contributed by atoms with Crippen molar-refractivity contribution in [1.82, 2.24) is 19.4 Å². The molecular weight excluding hydrogens is 332 g/mol. The average Bonchev–Trinajstić information content (AvgIpc) is 2.66. The fourth-order valence-corrected chi connectivity index (χ4v) is 3.27. The molecule has 0 bridgehead atoms. The van der Waals surface area contributed by atoms with Gasteiger partial charge in [0.25, 0.3) is 5.56 Å². The van der Waals surface area contributed by atoms with Crippen molar-refractivity contribution in [3.05, 3.63) is 45.1 Å². The van der Waals surface area contributed by atoms with Crippen LogP contribution in [-0.4, -0.2) is 58.0 Å². The van der Waals surface area contributed by atoms with Crippen LogP contribution < -0.4 is 11.2 Å². The highest BCUT2D eigenvalue weighted by Crippen LogP contribution is 2.09. The fourth-order valence-electron chi connectivity index (χ4n) is 3.27. The third-order valence-electron chi connectivity index (χ3n) is 4.75. The normalized spacial score (nSPS) is 15.1. The number of carbonyl (C=O) groups excluding carboxylic acids is 1. The molecule has 136 valence electrons. The van der Waals surface area contributed by atoms with Crippen molar-refractivity contribution < 1.29 is 4.79 Å². The van der Waals surface area contributed by atoms with Gasteiger partial charge in [0.15, 0.2) is 0 Å². The maximum absolute atomic E-state index is 12.5. The number of nitrogens with one attached hydrogen (secondary N) is 1. The van der Waals surface area contributed by atoms with E-state index in [1.165, 1.54) is 4.57 Å². The van der Waals surface area contributed by atoms with Crippen LogP contribution in [-0.2, 0) is 11.3 Å². The molecule has 1 saturated heterocycles. The van der Waals surface area contributed by atoms with Crippen LogP contribution in [0.1, 0.15) is 12.8 Å². The topological polar surface area (TPSA) is 78.4 Å². The van der Waals surface area contributed by atoms with Crippen molar-refractivity contribution in [2.75, 3.05) is 32.7 Å². The molecule has 1 N–H and O–H groups in total. The van der Waals surface area contributed by atoms with Gasteiger partial charge in [-0.15, -0.1) is 12.3 Å². The number of hydrogen-bond acceptors (Lipinski definition) is 4. The fraction of sp³-hybridized carbons (Fsp3) is 0.421. The van der Waals surface area contributed by atoms with Crippen molar-refractivity contribution in [2.45, 2.75) is 19.4 Å². The summed E-state index contributed by atoms with van der Waals surface area (Å²) in [5.41, 5.74) is -0.343. The number of nitrogens with zero attached hydrogens (tertiary/aromatic N) is 3. The van der Waals surface area contributed by atoms with Crippen molar-refractivity contribution in [3.63, 3.8) is 0 Å². The summed E-state index contributed by atoms with van der Waals surface area (Å²) in [5, 5.41) is 0.446. The number of aromatic amines is 1. The van der Waals surface area contributed by atoms with E-state index in [-0.39, 0.29) is 18.9 Å². The second-order valence-corrected chi connectivity index (χ2v) is 6.35. The van der Waals surface area contributed by atoms with Gasteiger partial charge in [-0.25, -0.2) is 4.79 Å². The summed E-state index contributed by atoms with van der Waals surface area (Å²) in [6.07, 6.45) is 6.23. The van der Waals surface area contributed by atoms with Gasteiger partial charge in [-0.3, -0.25) is 24.0 Å². The van der Waals surface area contributed by atoms with E-state index >= 15 is 0 Å². The lowest BCUT2D eigenvalue weighted by molar-refractivity contribution is -0.133. The minimum absolute atomic E-state index is 0.0174. The highest BCUT2D eigenvalue weighted by atomic mass is 16.2. The number of carbonyl (C=O) groups is 1. The van der Waals surface area contributed by atoms with E-state index in [2.05, 4.69) is 15.8 Å². The summed E-state index contributed by atoms with van der Waals surface area (Å²) in [6, 6.07) is 6.91. The van der Waals surface area contributed by atoms with E-state index in [1.807, 2.05) is 4.90 Å². The molecule has 2 aromatic rings. The summed E-state index contributed by atoms with van der Waals surface area (Å²) in [7, 11) is 0. The van der Waals surface area contributed by atoms with E-state index in [0.717, 1.165) is 26.1 Å². The highest BCUT2D eigenvalue weighted by Gasteiger charge is 2.20. The molecule has 0 saturated carbocycles. The Labute approximate surface area is 151 Å². The van der Waals surface area contributed by atoms with Crippen LogP contribution in [0.25, 0.3) is 10.9 Å². The Hall–Kier alpha value is -2.85. The molecule has 0 unspecified atom stereocenters. The molecule has 1 amide bonds. The van der Waals surface area contributed by atoms with Gasteiger partial charge in [0.2, 0.25) is 5.91 Å². The number of H-pyrrole nitrogens is 1. The number of aryl methyl sites for hydroxylation is 1. The van der Waals surface area contributed by atoms with Gasteiger partial charge in [0.1, 0.15) is 0 Å². The van der Waals surface area contributed by atoms with E-state index < -0.39 is 11.2 Å². The summed E-state index contributed by atoms with van der Waals surface area (Å²) >= 11 is 0. The van der Waals surface area contributed by atoms with Crippen LogP contribution in [0.2, 0.25) is 0 Å². The molecule has 1 fully saturated rings. The SMILES string of the molecule is C#CCCN1CCN(C(=O)CCn2c(=O)[nH]c(=O)c3ccccc32)CC1. The predicted molar refractivity (Wildman–Crippen MR) is 99.9 cm³/mol. The maximum Gasteiger partial charge on any atom is 0.328 e. The number of benzene rings is 1. The Morgan fingerprint density at radius 1 is 1.12 bits per heavy atom. The molecule has 1 aromatic heterocycles. The molecule has 1 aromatic carbocycles. The van der Waals surface area contributed by atoms with Crippen molar-refractivity contribution in [2.24, 2.45) is 0 Å². The van der Waals surface area contributed by atoms with Crippen LogP contribution in [0.15, 0.2) is 33.9 Å². The summed E-state index contributed by atoms with van der Waals surface area (Å²) in [6.45, 7) is 4.07. The first kappa shape index (κ1) is 18.0. The second kappa shape index (κ2) is 8.02. The lowest BCUT2D eigenvalue weighted by Gasteiger charge is -2.34. The van der Waals surface area contributed by atoms with Crippen LogP contribution in [0.5, 0.6) is 0 Å². The molecule has 0 radical (unpaired) electrons. The molecule has 3 rings (SSSR count). The first-order valence-electron chi connectivity index (χ1n) is 8.75. The average molecular weight is 354 g/mol. The van der Waals surface area contributed by atoms with Crippen LogP contribution in [0.3, 0.4) is 0 Å². The number of hydrogen-bond donors (Lipinski definition) is 1. The smallest absolute Gasteiger partial charge is 0.328 e. The first-order chi connectivity index (χ1) is 12.6. The molecule has 0 atom stereocenters. The van der Waals surface area contributed by atoms with Crippen molar-refractivity contribution in [1.29, 1.82) is 0 Å². The zero-order valence-electron chi connectivity index (χ0n) is 14.6. The summed E-state index contributed by atoms with van der Waals surface area (Å²) in [4.78, 5) is 42.9. The molecule has 26 heavy (non-hydrogen) atoms. The van der Waals surface area contributed by atoms with Gasteiger partial charge < -0.3 is 4.90 Å². The molecule has 1 aliphatic rings. The third kappa shape index (κ3) is 3.86. The Morgan fingerprint density at radius 2 is 1.85 bits per heavy atom. The minimum atomic E-state index is -0.486. The van der Waals surface area contributed by atoms with Crippen molar-refractivity contribution in [3.8, 4) is 12.3 Å². The van der Waals surface area contributed by atoms with Crippen molar-refractivity contribution >= 4 is 16.8 Å². The Morgan fingerprint density at radius 3 is 2.58 bits per heavy atom. The Bertz CT molecular complexity index is 946. The highest BCUT2D eigenvalue weighted by molar-refractivity contribution is 5.79. The molecule has 0 aliphatic carbocycles. The van der Waals surface area contributed by atoms with Crippen LogP contribution in [0.4, 0.5) is 0 Å². The first-order valence-corrected chi connectivity index (χ1v) is 8.75. The molecule has 0 spiro atoms. The van der Waals surface area contributed by atoms with Crippen LogP contribution >= 0.6 is 0 Å². The zero-order chi connectivity index (χ0) is 18.5. The number of piperazine rings is 1. The molecule has 2 heterocycles. The number of aromatic nitrogens is 2. The summed E-state index contributed by atoms with van der Waals surface area (Å²) < 4.78 is 1.46. The maximum atomic E-state index is 12.5. The Balaban J connectivity index is 1.64. The van der Waals surface area contributed by atoms with E-state index in [4.69, 9.17) is 6.42 Å². The quantitative estimate of drug-likeness (QED) is 0.781. The Kier molecular flexibility index (Phi) is 5.54. The largest absolute Gasteiger partial charge is 0.340 e. The van der Waals surface area contributed by atoms with Crippen LogP contribution in [0, 0.1) is 12.3 Å². The minimum Gasteiger partial charge on any atom is -0.340 e. The number of terminal acetylenes is 1. The van der Waals surface area contributed by atoms with Gasteiger partial charge in [-0.1, -0.05) is 12.1 Å². The molecular formula is C19H22N4O3. The lowest BCUT2D eigenvalue weighted by Crippen LogP contribution is -2.49.